The zero-order valence-electron chi connectivity index (χ0n) is 19.4. The monoisotopic (exact) mass is 482 g/mol. The average molecular weight is 483 g/mol. The van der Waals surface area contributed by atoms with Crippen LogP contribution in [0.5, 0.6) is 5.75 Å². The van der Waals surface area contributed by atoms with Crippen LogP contribution >= 0.6 is 11.6 Å². The maximum Gasteiger partial charge on any atom is 0.224 e. The molecule has 8 heteroatoms. The number of nitrogen functional groups attached to an aromatic ring is 1. The number of aromatic nitrogens is 1. The molecule has 1 heterocycles. The van der Waals surface area contributed by atoms with Crippen LogP contribution in [0.3, 0.4) is 0 Å². The summed E-state index contributed by atoms with van der Waals surface area (Å²) in [6.45, 7) is 4.76. The number of phenolic OH excluding ortho intramolecular Hbond substituents is 1. The number of nitrogens with zero attached hydrogens (tertiary/aromatic N) is 1. The predicted molar refractivity (Wildman–Crippen MR) is 135 cm³/mol. The van der Waals surface area contributed by atoms with Gasteiger partial charge in [0.15, 0.2) is 0 Å². The van der Waals surface area contributed by atoms with E-state index in [1.54, 1.807) is 30.5 Å². The highest BCUT2D eigenvalue weighted by Gasteiger charge is 2.20. The lowest BCUT2D eigenvalue weighted by atomic mass is 9.93. The van der Waals surface area contributed by atoms with Crippen molar-refractivity contribution < 1.29 is 15.0 Å². The summed E-state index contributed by atoms with van der Waals surface area (Å²) < 4.78 is 0. The molecule has 0 aliphatic carbocycles. The van der Waals surface area contributed by atoms with Crippen molar-refractivity contribution in [3.8, 4) is 5.75 Å². The van der Waals surface area contributed by atoms with Gasteiger partial charge in [0.2, 0.25) is 5.91 Å². The molecule has 1 amide bonds. The highest BCUT2D eigenvalue weighted by molar-refractivity contribution is 6.31. The van der Waals surface area contributed by atoms with Gasteiger partial charge in [-0.1, -0.05) is 41.9 Å². The van der Waals surface area contributed by atoms with Crippen LogP contribution < -0.4 is 16.4 Å². The van der Waals surface area contributed by atoms with Gasteiger partial charge in [-0.3, -0.25) is 4.79 Å². The summed E-state index contributed by atoms with van der Waals surface area (Å²) in [4.78, 5) is 16.5. The van der Waals surface area contributed by atoms with Crippen LogP contribution in [0.25, 0.3) is 0 Å². The van der Waals surface area contributed by atoms with Gasteiger partial charge in [-0.2, -0.15) is 0 Å². The van der Waals surface area contributed by atoms with Gasteiger partial charge in [-0.05, 0) is 61.2 Å². The van der Waals surface area contributed by atoms with Crippen LogP contribution in [0.15, 0.2) is 60.8 Å². The van der Waals surface area contributed by atoms with E-state index in [4.69, 9.17) is 17.3 Å². The Bertz CT molecular complexity index is 1120. The lowest BCUT2D eigenvalue weighted by Crippen LogP contribution is -2.43. The van der Waals surface area contributed by atoms with Crippen LogP contribution in [-0.4, -0.2) is 33.2 Å². The number of amides is 1. The Kier molecular flexibility index (Phi) is 8.50. The number of rotatable bonds is 10. The third kappa shape index (κ3) is 7.73. The smallest absolute Gasteiger partial charge is 0.224 e. The van der Waals surface area contributed by atoms with Crippen LogP contribution in [0.4, 0.5) is 5.82 Å². The van der Waals surface area contributed by atoms with Gasteiger partial charge in [0, 0.05) is 35.4 Å². The Hall–Kier alpha value is -3.13. The van der Waals surface area contributed by atoms with Crippen molar-refractivity contribution >= 4 is 23.3 Å². The van der Waals surface area contributed by atoms with E-state index >= 15 is 0 Å². The minimum Gasteiger partial charge on any atom is -0.508 e. The van der Waals surface area contributed by atoms with Crippen molar-refractivity contribution in [3.05, 3.63) is 88.1 Å². The van der Waals surface area contributed by atoms with E-state index in [9.17, 15) is 15.0 Å². The largest absolute Gasteiger partial charge is 0.508 e. The van der Waals surface area contributed by atoms with E-state index < -0.39 is 6.10 Å². The fraction of sp³-hybridized carbons (Fsp3) is 0.308. The van der Waals surface area contributed by atoms with Gasteiger partial charge in [-0.25, -0.2) is 4.98 Å². The fourth-order valence-corrected chi connectivity index (χ4v) is 3.85. The normalized spacial score (nSPS) is 12.4. The summed E-state index contributed by atoms with van der Waals surface area (Å²) in [5, 5.41) is 26.8. The number of hydrogen-bond acceptors (Lipinski definition) is 6. The molecule has 0 bridgehead atoms. The number of aliphatic hydroxyl groups excluding tert-OH is 1. The minimum atomic E-state index is -0.692. The highest BCUT2D eigenvalue weighted by Crippen LogP contribution is 2.21. The predicted octanol–water partition coefficient (Wildman–Crippen LogP) is 3.53. The second kappa shape index (κ2) is 11.3. The summed E-state index contributed by atoms with van der Waals surface area (Å²) in [5.41, 5.74) is 8.68. The molecule has 2 aromatic carbocycles. The zero-order valence-corrected chi connectivity index (χ0v) is 20.1. The molecule has 0 aliphatic rings. The van der Waals surface area contributed by atoms with Crippen molar-refractivity contribution in [1.29, 1.82) is 0 Å². The molecule has 0 radical (unpaired) electrons. The second-order valence-electron chi connectivity index (χ2n) is 9.02. The maximum atomic E-state index is 12.4. The summed E-state index contributed by atoms with van der Waals surface area (Å²) in [6.07, 6.45) is 1.84. The summed E-state index contributed by atoms with van der Waals surface area (Å²) in [6, 6.07) is 16.0. The molecule has 0 fully saturated rings. The maximum absolute atomic E-state index is 12.4. The zero-order chi connectivity index (χ0) is 24.7. The highest BCUT2D eigenvalue weighted by atomic mass is 35.5. The number of aliphatic hydroxyl groups is 1. The Morgan fingerprint density at radius 2 is 1.91 bits per heavy atom. The fourth-order valence-electron chi connectivity index (χ4n) is 3.67. The van der Waals surface area contributed by atoms with Crippen molar-refractivity contribution in [2.75, 3.05) is 12.3 Å². The van der Waals surface area contributed by atoms with E-state index in [0.29, 0.717) is 34.9 Å². The Labute approximate surface area is 205 Å². The van der Waals surface area contributed by atoms with Crippen molar-refractivity contribution in [2.24, 2.45) is 0 Å². The number of phenols is 1. The number of aromatic hydroxyl groups is 1. The standard InChI is InChI=1S/C26H31ClN4O3/c1-26(2,31-16-23(33)19-6-9-24(28)29-14-19)13-18-5-3-4-17(10-18)11-25(34)30-15-20-12-21(32)7-8-22(20)27/h3-10,12,14,23,31-33H,11,13,15-16H2,1-2H3,(H2,28,29)(H,30,34)/t23-/m0/s1. The van der Waals surface area contributed by atoms with E-state index in [1.807, 2.05) is 24.3 Å². The van der Waals surface area contributed by atoms with E-state index in [2.05, 4.69) is 29.5 Å². The lowest BCUT2D eigenvalue weighted by Gasteiger charge is -2.28. The van der Waals surface area contributed by atoms with Crippen LogP contribution in [0.1, 0.15) is 42.2 Å². The molecular weight excluding hydrogens is 452 g/mol. The van der Waals surface area contributed by atoms with Crippen LogP contribution in [0.2, 0.25) is 5.02 Å². The molecule has 0 saturated heterocycles. The van der Waals surface area contributed by atoms with Gasteiger partial charge in [-0.15, -0.1) is 0 Å². The number of nitrogens with two attached hydrogens (primary N) is 1. The van der Waals surface area contributed by atoms with Crippen molar-refractivity contribution in [3.63, 3.8) is 0 Å². The number of carbonyl (C=O) groups excluding carboxylic acids is 1. The molecule has 1 aromatic heterocycles. The number of carbonyl (C=O) groups is 1. The number of nitrogens with one attached hydrogen (secondary N) is 2. The molecule has 3 aromatic rings. The van der Waals surface area contributed by atoms with Crippen LogP contribution in [0, 0.1) is 0 Å². The Balaban J connectivity index is 1.52. The minimum absolute atomic E-state index is 0.107. The first-order valence-electron chi connectivity index (χ1n) is 11.1. The molecule has 6 N–H and O–H groups in total. The molecule has 1 atom stereocenters. The molecule has 3 rings (SSSR count). The molecule has 0 aliphatic heterocycles. The summed E-state index contributed by atoms with van der Waals surface area (Å²) >= 11 is 6.12. The number of halogens is 1. The van der Waals surface area contributed by atoms with Gasteiger partial charge in [0.1, 0.15) is 11.6 Å². The number of hydrogen-bond donors (Lipinski definition) is 5. The van der Waals surface area contributed by atoms with Gasteiger partial charge < -0.3 is 26.6 Å². The van der Waals surface area contributed by atoms with E-state index in [1.165, 1.54) is 6.07 Å². The summed E-state index contributed by atoms with van der Waals surface area (Å²) in [5.74, 6) is 0.394. The van der Waals surface area contributed by atoms with Crippen LogP contribution in [-0.2, 0) is 24.2 Å². The Morgan fingerprint density at radius 1 is 1.15 bits per heavy atom. The van der Waals surface area contributed by atoms with Gasteiger partial charge >= 0.3 is 0 Å². The molecule has 0 spiro atoms. The molecule has 180 valence electrons. The SMILES string of the molecule is CC(C)(Cc1cccc(CC(=O)NCc2cc(O)ccc2Cl)c1)NC[C@H](O)c1ccc(N)nc1. The topological polar surface area (TPSA) is 120 Å². The second-order valence-corrected chi connectivity index (χ2v) is 9.43. The number of benzene rings is 2. The first-order chi connectivity index (χ1) is 16.1. The molecule has 0 saturated carbocycles. The van der Waals surface area contributed by atoms with Crippen molar-refractivity contribution in [2.45, 2.75) is 44.9 Å². The lowest BCUT2D eigenvalue weighted by molar-refractivity contribution is -0.120. The first-order valence-corrected chi connectivity index (χ1v) is 11.5. The third-order valence-electron chi connectivity index (χ3n) is 5.48. The molecule has 7 nitrogen and oxygen atoms in total. The first kappa shape index (κ1) is 25.5. The third-order valence-corrected chi connectivity index (χ3v) is 5.84. The molecule has 34 heavy (non-hydrogen) atoms. The van der Waals surface area contributed by atoms with E-state index in [0.717, 1.165) is 11.1 Å². The number of anilines is 1. The Morgan fingerprint density at radius 3 is 2.65 bits per heavy atom. The molecule has 0 unspecified atom stereocenters. The van der Waals surface area contributed by atoms with Gasteiger partial charge in [0.05, 0.1) is 12.5 Å². The average Bonchev–Trinajstić information content (AvgIpc) is 2.78. The van der Waals surface area contributed by atoms with E-state index in [-0.39, 0.29) is 30.2 Å². The number of β-amino-alcohol motifs (C(OH)–C–C–N with tert-alkyl or cyclic N) is 1. The molecular formula is C26H31ClN4O3. The van der Waals surface area contributed by atoms with Crippen molar-refractivity contribution in [1.82, 2.24) is 15.6 Å². The van der Waals surface area contributed by atoms with Gasteiger partial charge in [0.25, 0.3) is 0 Å². The quantitative estimate of drug-likeness (QED) is 0.301. The number of pyridine rings is 1. The summed E-state index contributed by atoms with van der Waals surface area (Å²) in [7, 11) is 0.